The van der Waals surface area contributed by atoms with E-state index < -0.39 is 0 Å². The summed E-state index contributed by atoms with van der Waals surface area (Å²) >= 11 is 0. The van der Waals surface area contributed by atoms with Gasteiger partial charge in [0.2, 0.25) is 0 Å². The summed E-state index contributed by atoms with van der Waals surface area (Å²) in [6.45, 7) is 0. The van der Waals surface area contributed by atoms with Gasteiger partial charge in [0.15, 0.2) is 0 Å². The van der Waals surface area contributed by atoms with Crippen molar-refractivity contribution >= 4 is 21.5 Å². The first-order chi connectivity index (χ1) is 22.3. The Morgan fingerprint density at radius 3 is 1.29 bits per heavy atom. The molecule has 0 saturated carbocycles. The fourth-order valence-corrected chi connectivity index (χ4v) is 7.35. The van der Waals surface area contributed by atoms with Crippen molar-refractivity contribution in [2.75, 3.05) is 0 Å². The zero-order chi connectivity index (χ0) is 29.9. The molecule has 9 rings (SSSR count). The van der Waals surface area contributed by atoms with E-state index in [-0.39, 0.29) is 5.82 Å². The van der Waals surface area contributed by atoms with Gasteiger partial charge in [0.25, 0.3) is 0 Å². The molecule has 0 fully saturated rings. The van der Waals surface area contributed by atoms with Crippen LogP contribution in [0.5, 0.6) is 0 Å². The molecule has 45 heavy (non-hydrogen) atoms. The van der Waals surface area contributed by atoms with Crippen LogP contribution in [0, 0.1) is 5.82 Å². The molecule has 210 valence electrons. The van der Waals surface area contributed by atoms with Crippen LogP contribution >= 0.6 is 0 Å². The van der Waals surface area contributed by atoms with Crippen LogP contribution in [0.3, 0.4) is 0 Å². The molecule has 8 aromatic rings. The molecule has 0 N–H and O–H groups in total. The predicted octanol–water partition coefficient (Wildman–Crippen LogP) is 12.4. The van der Waals surface area contributed by atoms with Crippen molar-refractivity contribution in [3.05, 3.63) is 170 Å². The Balaban J connectivity index is 1.33. The smallest absolute Gasteiger partial charge is 0.123 e. The number of rotatable bonds is 4. The van der Waals surface area contributed by atoms with Crippen LogP contribution in [0.4, 0.5) is 4.39 Å². The van der Waals surface area contributed by atoms with Gasteiger partial charge in [0.05, 0.1) is 0 Å². The fourth-order valence-electron chi connectivity index (χ4n) is 7.35. The van der Waals surface area contributed by atoms with Crippen LogP contribution < -0.4 is 0 Å². The molecule has 0 aliphatic heterocycles. The molecular weight excluding hydrogens is 547 g/mol. The second-order valence-corrected chi connectivity index (χ2v) is 11.8. The monoisotopic (exact) mass is 574 g/mol. The summed E-state index contributed by atoms with van der Waals surface area (Å²) in [5.74, 6) is -0.219. The van der Waals surface area contributed by atoms with E-state index in [1.54, 1.807) is 0 Å². The SMILES string of the molecule is Fc1ccc(-c2ccc(-c3ccc4c5c(cccc35)-c3c-4c(-c4ccccc4)c4ccccc4c3-c3ccccc3)cc2)cc1. The lowest BCUT2D eigenvalue weighted by Crippen LogP contribution is -1.93. The average molecular weight is 575 g/mol. The highest BCUT2D eigenvalue weighted by Crippen LogP contribution is 2.58. The van der Waals surface area contributed by atoms with Crippen molar-refractivity contribution in [1.29, 1.82) is 0 Å². The van der Waals surface area contributed by atoms with Gasteiger partial charge in [-0.05, 0) is 100 Å². The number of hydrogen-bond acceptors (Lipinski definition) is 0. The van der Waals surface area contributed by atoms with Crippen LogP contribution in [0.25, 0.3) is 88.3 Å². The van der Waals surface area contributed by atoms with Gasteiger partial charge in [-0.25, -0.2) is 4.39 Å². The van der Waals surface area contributed by atoms with E-state index in [1.165, 1.54) is 83.7 Å². The minimum absolute atomic E-state index is 0.219. The number of fused-ring (bicyclic) bond motifs is 4. The summed E-state index contributed by atoms with van der Waals surface area (Å²) < 4.78 is 13.5. The lowest BCUT2D eigenvalue weighted by atomic mass is 9.82. The second-order valence-electron chi connectivity index (χ2n) is 11.8. The quantitative estimate of drug-likeness (QED) is 0.196. The highest BCUT2D eigenvalue weighted by molar-refractivity contribution is 6.28. The van der Waals surface area contributed by atoms with Gasteiger partial charge >= 0.3 is 0 Å². The van der Waals surface area contributed by atoms with E-state index >= 15 is 0 Å². The number of benzene rings is 8. The molecule has 0 heterocycles. The minimum Gasteiger partial charge on any atom is -0.207 e. The normalized spacial score (nSPS) is 11.7. The van der Waals surface area contributed by atoms with Crippen molar-refractivity contribution in [3.63, 3.8) is 0 Å². The predicted molar refractivity (Wildman–Crippen MR) is 188 cm³/mol. The highest BCUT2D eigenvalue weighted by atomic mass is 19.1. The maximum atomic E-state index is 13.5. The molecule has 1 heteroatoms. The first kappa shape index (κ1) is 25.7. The Kier molecular flexibility index (Phi) is 5.79. The van der Waals surface area contributed by atoms with Crippen molar-refractivity contribution in [3.8, 4) is 66.8 Å². The zero-order valence-corrected chi connectivity index (χ0v) is 24.5. The summed E-state index contributed by atoms with van der Waals surface area (Å²) in [5, 5.41) is 5.08. The molecule has 0 spiro atoms. The van der Waals surface area contributed by atoms with E-state index in [4.69, 9.17) is 0 Å². The summed E-state index contributed by atoms with van der Waals surface area (Å²) in [6.07, 6.45) is 0. The van der Waals surface area contributed by atoms with Crippen LogP contribution in [0.2, 0.25) is 0 Å². The third-order valence-electron chi connectivity index (χ3n) is 9.29. The summed E-state index contributed by atoms with van der Waals surface area (Å²) in [4.78, 5) is 0. The molecule has 1 aliphatic carbocycles. The molecule has 0 radical (unpaired) electrons. The van der Waals surface area contributed by atoms with Crippen LogP contribution in [-0.4, -0.2) is 0 Å². The first-order valence-electron chi connectivity index (χ1n) is 15.4. The Hall–Kier alpha value is -5.79. The molecule has 0 bridgehead atoms. The first-order valence-corrected chi connectivity index (χ1v) is 15.4. The van der Waals surface area contributed by atoms with Gasteiger partial charge in [0, 0.05) is 0 Å². The zero-order valence-electron chi connectivity index (χ0n) is 24.5. The van der Waals surface area contributed by atoms with Crippen molar-refractivity contribution in [2.45, 2.75) is 0 Å². The van der Waals surface area contributed by atoms with Gasteiger partial charge < -0.3 is 0 Å². The van der Waals surface area contributed by atoms with E-state index in [0.29, 0.717) is 0 Å². The summed E-state index contributed by atoms with van der Waals surface area (Å²) in [6, 6.07) is 57.3. The van der Waals surface area contributed by atoms with Crippen LogP contribution in [-0.2, 0) is 0 Å². The van der Waals surface area contributed by atoms with Crippen molar-refractivity contribution in [2.24, 2.45) is 0 Å². The molecule has 0 unspecified atom stereocenters. The van der Waals surface area contributed by atoms with E-state index in [2.05, 4.69) is 140 Å². The fraction of sp³-hybridized carbons (Fsp3) is 0. The number of halogens is 1. The van der Waals surface area contributed by atoms with Gasteiger partial charge in [-0.1, -0.05) is 152 Å². The molecule has 0 saturated heterocycles. The topological polar surface area (TPSA) is 0 Å². The van der Waals surface area contributed by atoms with Gasteiger partial charge in [-0.2, -0.15) is 0 Å². The molecule has 0 nitrogen and oxygen atoms in total. The van der Waals surface area contributed by atoms with Crippen molar-refractivity contribution in [1.82, 2.24) is 0 Å². The molecule has 0 aromatic heterocycles. The van der Waals surface area contributed by atoms with E-state index in [1.807, 2.05) is 12.1 Å². The average Bonchev–Trinajstić information content (AvgIpc) is 3.43. The van der Waals surface area contributed by atoms with Gasteiger partial charge in [-0.15, -0.1) is 0 Å². The van der Waals surface area contributed by atoms with E-state index in [9.17, 15) is 4.39 Å². The molecule has 1 aliphatic rings. The Morgan fingerprint density at radius 1 is 0.267 bits per heavy atom. The standard InChI is InChI=1S/C44H27F/c45-33-24-22-29(23-25-33)28-18-20-30(21-19-28)34-26-27-39-42-35(34)16-9-17-38(42)43-40(31-10-3-1-4-11-31)36-14-7-8-15-37(36)41(44(39)43)32-12-5-2-6-13-32/h1-27H. The lowest BCUT2D eigenvalue weighted by Gasteiger charge is -2.20. The maximum Gasteiger partial charge on any atom is 0.123 e. The van der Waals surface area contributed by atoms with Crippen LogP contribution in [0.1, 0.15) is 0 Å². The third kappa shape index (κ3) is 3.98. The maximum absolute atomic E-state index is 13.5. The second kappa shape index (κ2) is 10.1. The van der Waals surface area contributed by atoms with E-state index in [0.717, 1.165) is 16.7 Å². The Labute approximate surface area is 261 Å². The lowest BCUT2D eigenvalue weighted by molar-refractivity contribution is 0.628. The summed E-state index contributed by atoms with van der Waals surface area (Å²) in [5.41, 5.74) is 14.7. The molecule has 0 atom stereocenters. The summed E-state index contributed by atoms with van der Waals surface area (Å²) in [7, 11) is 0. The van der Waals surface area contributed by atoms with Crippen LogP contribution in [0.15, 0.2) is 164 Å². The highest BCUT2D eigenvalue weighted by Gasteiger charge is 2.31. The third-order valence-corrected chi connectivity index (χ3v) is 9.29. The van der Waals surface area contributed by atoms with Gasteiger partial charge in [0.1, 0.15) is 5.82 Å². The molecule has 8 aromatic carbocycles. The largest absolute Gasteiger partial charge is 0.207 e. The van der Waals surface area contributed by atoms with Crippen molar-refractivity contribution < 1.29 is 4.39 Å². The Bertz CT molecular complexity index is 2290. The molecular formula is C44H27F. The number of hydrogen-bond donors (Lipinski definition) is 0. The van der Waals surface area contributed by atoms with Gasteiger partial charge in [-0.3, -0.25) is 0 Å². The molecule has 0 amide bonds. The minimum atomic E-state index is -0.219. The Morgan fingerprint density at radius 2 is 0.711 bits per heavy atom.